The van der Waals surface area contributed by atoms with Gasteiger partial charge >= 0.3 is 6.03 Å². The van der Waals surface area contributed by atoms with Crippen LogP contribution >= 0.6 is 0 Å². The molecule has 2 aromatic carbocycles. The first kappa shape index (κ1) is 18.0. The van der Waals surface area contributed by atoms with E-state index in [1.165, 1.54) is 17.7 Å². The molecule has 2 N–H and O–H groups in total. The molecular weight excluding hydrogens is 341 g/mol. The van der Waals surface area contributed by atoms with Crippen molar-refractivity contribution in [2.75, 3.05) is 13.1 Å². The highest BCUT2D eigenvalue weighted by atomic mass is 19.1. The van der Waals surface area contributed by atoms with Crippen LogP contribution in [0.4, 0.5) is 9.18 Å². The van der Waals surface area contributed by atoms with Crippen molar-refractivity contribution in [3.8, 4) is 0 Å². The van der Waals surface area contributed by atoms with Crippen LogP contribution in [0, 0.1) is 5.82 Å². The molecule has 2 aromatic rings. The number of rotatable bonds is 4. The van der Waals surface area contributed by atoms with Crippen molar-refractivity contribution in [1.29, 1.82) is 0 Å². The summed E-state index contributed by atoms with van der Waals surface area (Å²) in [5, 5.41) is 6.61. The summed E-state index contributed by atoms with van der Waals surface area (Å²) in [5.74, 6) is -0.261. The van der Waals surface area contributed by atoms with Crippen LogP contribution in [0.5, 0.6) is 0 Å². The molecule has 142 valence electrons. The molecule has 1 aliphatic carbocycles. The van der Waals surface area contributed by atoms with Crippen molar-refractivity contribution in [3.05, 3.63) is 71.0 Å². The summed E-state index contributed by atoms with van der Waals surface area (Å²) in [4.78, 5) is 14.9. The fraction of sp³-hybridized carbons (Fsp3) is 0.409. The van der Waals surface area contributed by atoms with E-state index >= 15 is 0 Å². The Hall–Kier alpha value is -2.40. The molecule has 2 aliphatic rings. The molecule has 4 nitrogen and oxygen atoms in total. The molecule has 27 heavy (non-hydrogen) atoms. The summed E-state index contributed by atoms with van der Waals surface area (Å²) in [6, 6.07) is 15.3. The molecule has 1 heterocycles. The fourth-order valence-electron chi connectivity index (χ4n) is 4.24. The first-order chi connectivity index (χ1) is 13.2. The van der Waals surface area contributed by atoms with Crippen LogP contribution in [-0.2, 0) is 6.42 Å². The van der Waals surface area contributed by atoms with E-state index in [1.807, 2.05) is 17.0 Å². The normalized spacial score (nSPS) is 24.1. The van der Waals surface area contributed by atoms with Gasteiger partial charge in [0.2, 0.25) is 0 Å². The topological polar surface area (TPSA) is 44.4 Å². The number of hydrogen-bond donors (Lipinski definition) is 2. The number of carbonyl (C=O) groups is 1. The van der Waals surface area contributed by atoms with Gasteiger partial charge in [0, 0.05) is 18.6 Å². The highest BCUT2D eigenvalue weighted by Crippen LogP contribution is 2.35. The zero-order chi connectivity index (χ0) is 18.8. The summed E-state index contributed by atoms with van der Waals surface area (Å²) < 4.78 is 13.4. The molecule has 1 atom stereocenters. The summed E-state index contributed by atoms with van der Waals surface area (Å²) in [6.07, 6.45) is 2.79. The van der Waals surface area contributed by atoms with E-state index in [2.05, 4.69) is 29.7 Å². The fourth-order valence-corrected chi connectivity index (χ4v) is 4.24. The number of urea groups is 1. The van der Waals surface area contributed by atoms with E-state index in [1.54, 1.807) is 12.1 Å². The van der Waals surface area contributed by atoms with Gasteiger partial charge in [-0.05, 0) is 54.6 Å². The average molecular weight is 367 g/mol. The Kier molecular flexibility index (Phi) is 5.12. The molecular formula is C22H26FN3O. The van der Waals surface area contributed by atoms with Gasteiger partial charge in [0.05, 0.1) is 6.04 Å². The van der Waals surface area contributed by atoms with Crippen molar-refractivity contribution in [1.82, 2.24) is 15.5 Å². The van der Waals surface area contributed by atoms with E-state index in [-0.39, 0.29) is 23.9 Å². The SMILES string of the molecule is CCN[C@H]1C[C@H](NC(=O)N2CCc3ccccc3[C@@H]2c2ccc(F)cc2)C1. The maximum atomic E-state index is 13.4. The van der Waals surface area contributed by atoms with Gasteiger partial charge in [-0.2, -0.15) is 0 Å². The lowest BCUT2D eigenvalue weighted by molar-refractivity contribution is 0.163. The molecule has 5 heteroatoms. The summed E-state index contributed by atoms with van der Waals surface area (Å²) in [6.45, 7) is 3.72. The molecule has 2 amide bonds. The largest absolute Gasteiger partial charge is 0.335 e. The van der Waals surface area contributed by atoms with E-state index in [9.17, 15) is 9.18 Å². The summed E-state index contributed by atoms with van der Waals surface area (Å²) >= 11 is 0. The third-order valence-corrected chi connectivity index (χ3v) is 5.69. The third-order valence-electron chi connectivity index (χ3n) is 5.69. The smallest absolute Gasteiger partial charge is 0.318 e. The highest BCUT2D eigenvalue weighted by Gasteiger charge is 2.35. The van der Waals surface area contributed by atoms with Gasteiger partial charge in [-0.3, -0.25) is 0 Å². The van der Waals surface area contributed by atoms with Gasteiger partial charge in [-0.1, -0.05) is 43.3 Å². The lowest BCUT2D eigenvalue weighted by atomic mass is 9.86. The number of benzene rings is 2. The van der Waals surface area contributed by atoms with Gasteiger partial charge in [0.15, 0.2) is 0 Å². The summed E-state index contributed by atoms with van der Waals surface area (Å²) in [5.41, 5.74) is 3.33. The Labute approximate surface area is 159 Å². The maximum absolute atomic E-state index is 13.4. The van der Waals surface area contributed by atoms with Crippen LogP contribution in [0.25, 0.3) is 0 Å². The van der Waals surface area contributed by atoms with Gasteiger partial charge < -0.3 is 15.5 Å². The van der Waals surface area contributed by atoms with Crippen LogP contribution < -0.4 is 10.6 Å². The monoisotopic (exact) mass is 367 g/mol. The minimum Gasteiger partial charge on any atom is -0.335 e. The number of nitrogens with one attached hydrogen (secondary N) is 2. The second-order valence-electron chi connectivity index (χ2n) is 7.47. The molecule has 0 spiro atoms. The average Bonchev–Trinajstić information content (AvgIpc) is 2.66. The highest BCUT2D eigenvalue weighted by molar-refractivity contribution is 5.76. The minimum absolute atomic E-state index is 0.0289. The molecule has 0 aromatic heterocycles. The van der Waals surface area contributed by atoms with Gasteiger partial charge in [0.25, 0.3) is 0 Å². The number of hydrogen-bond acceptors (Lipinski definition) is 2. The molecule has 0 saturated heterocycles. The zero-order valence-corrected chi connectivity index (χ0v) is 15.6. The zero-order valence-electron chi connectivity index (χ0n) is 15.6. The van der Waals surface area contributed by atoms with Crippen molar-refractivity contribution in [2.45, 2.75) is 44.3 Å². The van der Waals surface area contributed by atoms with Crippen LogP contribution in [0.1, 0.15) is 42.5 Å². The Morgan fingerprint density at radius 2 is 1.85 bits per heavy atom. The minimum atomic E-state index is -0.261. The Morgan fingerprint density at radius 3 is 2.59 bits per heavy atom. The van der Waals surface area contributed by atoms with Gasteiger partial charge in [-0.15, -0.1) is 0 Å². The van der Waals surface area contributed by atoms with Crippen molar-refractivity contribution < 1.29 is 9.18 Å². The van der Waals surface area contributed by atoms with Gasteiger partial charge in [-0.25, -0.2) is 9.18 Å². The van der Waals surface area contributed by atoms with Crippen molar-refractivity contribution in [2.24, 2.45) is 0 Å². The standard InChI is InChI=1S/C22H26FN3O/c1-2-24-18-13-19(14-18)25-22(27)26-12-11-15-5-3-4-6-20(15)21(26)16-7-9-17(23)10-8-16/h3-10,18-19,21,24H,2,11-14H2,1H3,(H,25,27)/t18-,19-,21-/m0/s1. The molecule has 4 rings (SSSR count). The number of amides is 2. The van der Waals surface area contributed by atoms with E-state index in [0.29, 0.717) is 12.6 Å². The molecule has 0 radical (unpaired) electrons. The Bertz CT molecular complexity index is 801. The Balaban J connectivity index is 1.55. The van der Waals surface area contributed by atoms with Crippen LogP contribution in [0.15, 0.2) is 48.5 Å². The second kappa shape index (κ2) is 7.69. The van der Waals surface area contributed by atoms with Crippen LogP contribution in [-0.4, -0.2) is 36.1 Å². The van der Waals surface area contributed by atoms with E-state index in [4.69, 9.17) is 0 Å². The number of carbonyl (C=O) groups excluding carboxylic acids is 1. The third kappa shape index (κ3) is 3.69. The predicted molar refractivity (Wildman–Crippen MR) is 104 cm³/mol. The number of halogens is 1. The predicted octanol–water partition coefficient (Wildman–Crippen LogP) is 3.62. The van der Waals surface area contributed by atoms with Crippen molar-refractivity contribution >= 4 is 6.03 Å². The lowest BCUT2D eigenvalue weighted by Crippen LogP contribution is -2.56. The van der Waals surface area contributed by atoms with E-state index in [0.717, 1.165) is 36.9 Å². The molecule has 1 aliphatic heterocycles. The Morgan fingerprint density at radius 1 is 1.11 bits per heavy atom. The molecule has 0 unspecified atom stereocenters. The van der Waals surface area contributed by atoms with Crippen molar-refractivity contribution in [3.63, 3.8) is 0 Å². The molecule has 0 bridgehead atoms. The summed E-state index contributed by atoms with van der Waals surface area (Å²) in [7, 11) is 0. The van der Waals surface area contributed by atoms with Crippen LogP contribution in [0.2, 0.25) is 0 Å². The quantitative estimate of drug-likeness (QED) is 0.867. The molecule has 1 saturated carbocycles. The first-order valence-electron chi connectivity index (χ1n) is 9.79. The first-order valence-corrected chi connectivity index (χ1v) is 9.79. The van der Waals surface area contributed by atoms with Gasteiger partial charge in [0.1, 0.15) is 5.82 Å². The molecule has 1 fully saturated rings. The maximum Gasteiger partial charge on any atom is 0.318 e. The lowest BCUT2D eigenvalue weighted by Gasteiger charge is -2.41. The second-order valence-corrected chi connectivity index (χ2v) is 7.47. The number of fused-ring (bicyclic) bond motifs is 1. The number of nitrogens with zero attached hydrogens (tertiary/aromatic N) is 1. The van der Waals surface area contributed by atoms with E-state index < -0.39 is 0 Å². The van der Waals surface area contributed by atoms with Crippen LogP contribution in [0.3, 0.4) is 0 Å².